The van der Waals surface area contributed by atoms with Gasteiger partial charge in [-0.25, -0.2) is 0 Å². The van der Waals surface area contributed by atoms with Gasteiger partial charge in [-0.2, -0.15) is 0 Å². The highest BCUT2D eigenvalue weighted by Crippen LogP contribution is 2.31. The third-order valence-corrected chi connectivity index (χ3v) is 5.99. The summed E-state index contributed by atoms with van der Waals surface area (Å²) in [6.45, 7) is 8.02. The van der Waals surface area contributed by atoms with Crippen LogP contribution in [0.15, 0.2) is 18.2 Å². The molecule has 0 bridgehead atoms. The number of piperidine rings is 1. The quantitative estimate of drug-likeness (QED) is 0.457. The van der Waals surface area contributed by atoms with Crippen molar-refractivity contribution in [2.24, 2.45) is 11.3 Å². The predicted octanol–water partition coefficient (Wildman–Crippen LogP) is 5.77. The van der Waals surface area contributed by atoms with Gasteiger partial charge >= 0.3 is 5.97 Å². The number of esters is 1. The molecule has 0 saturated carbocycles. The summed E-state index contributed by atoms with van der Waals surface area (Å²) in [6.07, 6.45) is 4.01. The molecule has 1 heterocycles. The lowest BCUT2D eigenvalue weighted by atomic mass is 9.82. The van der Waals surface area contributed by atoms with Crippen molar-refractivity contribution in [3.63, 3.8) is 0 Å². The predicted molar refractivity (Wildman–Crippen MR) is 117 cm³/mol. The zero-order valence-electron chi connectivity index (χ0n) is 16.2. The molecule has 150 valence electrons. The van der Waals surface area contributed by atoms with Crippen molar-refractivity contribution in [1.29, 1.82) is 0 Å². The lowest BCUT2D eigenvalue weighted by molar-refractivity contribution is -0.154. The SMILES string of the molecule is CCOC(=O)C(C)(C)CCC1CCN(C(=S)Nc2ccc(Cl)cc2Cl)CC1. The fraction of sp³-hybridized carbons (Fsp3) is 0.600. The zero-order chi connectivity index (χ0) is 20.0. The minimum atomic E-state index is -0.421. The number of carbonyl (C=O) groups is 1. The number of hydrogen-bond acceptors (Lipinski definition) is 3. The van der Waals surface area contributed by atoms with Gasteiger partial charge < -0.3 is 15.0 Å². The minimum Gasteiger partial charge on any atom is -0.466 e. The highest BCUT2D eigenvalue weighted by molar-refractivity contribution is 7.80. The van der Waals surface area contributed by atoms with E-state index in [1.807, 2.05) is 26.8 Å². The van der Waals surface area contributed by atoms with Gasteiger partial charge in [0.15, 0.2) is 5.11 Å². The Bertz CT molecular complexity index is 674. The van der Waals surface area contributed by atoms with E-state index in [9.17, 15) is 4.79 Å². The Morgan fingerprint density at radius 1 is 1.33 bits per heavy atom. The molecule has 1 N–H and O–H groups in total. The van der Waals surface area contributed by atoms with E-state index in [1.165, 1.54) is 0 Å². The first-order valence-electron chi connectivity index (χ1n) is 9.41. The summed E-state index contributed by atoms with van der Waals surface area (Å²) in [4.78, 5) is 14.2. The largest absolute Gasteiger partial charge is 0.466 e. The molecule has 1 aromatic rings. The van der Waals surface area contributed by atoms with Gasteiger partial charge in [0.2, 0.25) is 0 Å². The van der Waals surface area contributed by atoms with Crippen LogP contribution in [-0.2, 0) is 9.53 Å². The Kier molecular flexibility index (Phi) is 8.20. The number of benzene rings is 1. The van der Waals surface area contributed by atoms with Crippen molar-refractivity contribution in [1.82, 2.24) is 4.90 Å². The topological polar surface area (TPSA) is 41.6 Å². The van der Waals surface area contributed by atoms with Crippen LogP contribution in [0.1, 0.15) is 46.5 Å². The van der Waals surface area contributed by atoms with Crippen molar-refractivity contribution in [2.45, 2.75) is 46.5 Å². The number of nitrogens with zero attached hydrogens (tertiary/aromatic N) is 1. The van der Waals surface area contributed by atoms with E-state index >= 15 is 0 Å². The van der Waals surface area contributed by atoms with Crippen LogP contribution in [0.4, 0.5) is 5.69 Å². The number of thiocarbonyl (C=S) groups is 1. The fourth-order valence-electron chi connectivity index (χ4n) is 3.20. The van der Waals surface area contributed by atoms with Crippen LogP contribution in [0.25, 0.3) is 0 Å². The number of hydrogen-bond donors (Lipinski definition) is 1. The first-order chi connectivity index (χ1) is 12.7. The van der Waals surface area contributed by atoms with Gasteiger partial charge in [-0.05, 0) is 82.8 Å². The van der Waals surface area contributed by atoms with Gasteiger partial charge in [0, 0.05) is 18.1 Å². The number of nitrogens with one attached hydrogen (secondary N) is 1. The molecular formula is C20H28Cl2N2O2S. The second kappa shape index (κ2) is 9.94. The van der Waals surface area contributed by atoms with Gasteiger partial charge in [0.05, 0.1) is 22.7 Å². The highest BCUT2D eigenvalue weighted by Gasteiger charge is 2.31. The second-order valence-electron chi connectivity index (χ2n) is 7.63. The van der Waals surface area contributed by atoms with Crippen LogP contribution in [0.3, 0.4) is 0 Å². The van der Waals surface area contributed by atoms with E-state index in [-0.39, 0.29) is 5.97 Å². The number of halogens is 2. The maximum Gasteiger partial charge on any atom is 0.311 e. The monoisotopic (exact) mass is 430 g/mol. The summed E-state index contributed by atoms with van der Waals surface area (Å²) in [6, 6.07) is 5.32. The van der Waals surface area contributed by atoms with E-state index < -0.39 is 5.41 Å². The van der Waals surface area contributed by atoms with Crippen molar-refractivity contribution in [3.8, 4) is 0 Å². The average molecular weight is 431 g/mol. The number of rotatable bonds is 6. The van der Waals surface area contributed by atoms with E-state index in [4.69, 9.17) is 40.2 Å². The fourth-order valence-corrected chi connectivity index (χ4v) is 3.95. The molecule has 0 radical (unpaired) electrons. The normalized spacial score (nSPS) is 15.5. The standard InChI is InChI=1S/C20H28Cl2N2O2S/c1-4-26-18(25)20(2,3)10-7-14-8-11-24(12-9-14)19(27)23-17-6-5-15(21)13-16(17)22/h5-6,13-14H,4,7-12H2,1-3H3,(H,23,27). The minimum absolute atomic E-state index is 0.104. The molecule has 0 aliphatic carbocycles. The third-order valence-electron chi connectivity index (χ3n) is 5.08. The Labute approximate surface area is 177 Å². The van der Waals surface area contributed by atoms with Crippen molar-refractivity contribution in [2.75, 3.05) is 25.0 Å². The molecule has 0 atom stereocenters. The number of carbonyl (C=O) groups excluding carboxylic acids is 1. The van der Waals surface area contributed by atoms with E-state index in [1.54, 1.807) is 12.1 Å². The molecule has 1 fully saturated rings. The first kappa shape index (κ1) is 22.3. The van der Waals surface area contributed by atoms with Crippen LogP contribution in [0.2, 0.25) is 10.0 Å². The highest BCUT2D eigenvalue weighted by atomic mass is 35.5. The lowest BCUT2D eigenvalue weighted by Gasteiger charge is -2.35. The zero-order valence-corrected chi connectivity index (χ0v) is 18.5. The lowest BCUT2D eigenvalue weighted by Crippen LogP contribution is -2.41. The second-order valence-corrected chi connectivity index (χ2v) is 8.86. The third kappa shape index (κ3) is 6.51. The first-order valence-corrected chi connectivity index (χ1v) is 10.6. The molecule has 0 spiro atoms. The Hall–Kier alpha value is -1.04. The Balaban J connectivity index is 1.79. The smallest absolute Gasteiger partial charge is 0.311 e. The molecule has 0 aromatic heterocycles. The molecule has 2 rings (SSSR count). The van der Waals surface area contributed by atoms with Crippen LogP contribution < -0.4 is 5.32 Å². The Morgan fingerprint density at radius 2 is 2.00 bits per heavy atom. The van der Waals surface area contributed by atoms with E-state index in [2.05, 4.69) is 10.2 Å². The maximum absolute atomic E-state index is 12.0. The molecule has 4 nitrogen and oxygen atoms in total. The van der Waals surface area contributed by atoms with Gasteiger partial charge in [-0.15, -0.1) is 0 Å². The van der Waals surface area contributed by atoms with Gasteiger partial charge in [0.25, 0.3) is 0 Å². The van der Waals surface area contributed by atoms with Crippen LogP contribution >= 0.6 is 35.4 Å². The molecule has 7 heteroatoms. The van der Waals surface area contributed by atoms with Crippen molar-refractivity contribution < 1.29 is 9.53 Å². The molecular weight excluding hydrogens is 403 g/mol. The molecule has 1 aromatic carbocycles. The Morgan fingerprint density at radius 3 is 2.59 bits per heavy atom. The summed E-state index contributed by atoms with van der Waals surface area (Å²) in [5.41, 5.74) is 0.347. The average Bonchev–Trinajstić information content (AvgIpc) is 2.63. The van der Waals surface area contributed by atoms with E-state index in [0.29, 0.717) is 27.7 Å². The van der Waals surface area contributed by atoms with Crippen LogP contribution in [0.5, 0.6) is 0 Å². The number of anilines is 1. The number of likely N-dealkylation sites (tertiary alicyclic amines) is 1. The summed E-state index contributed by atoms with van der Waals surface area (Å²) in [5, 5.41) is 5.05. The number of ether oxygens (including phenoxy) is 1. The van der Waals surface area contributed by atoms with Gasteiger partial charge in [-0.1, -0.05) is 23.2 Å². The molecule has 0 amide bonds. The molecule has 0 unspecified atom stereocenters. The van der Waals surface area contributed by atoms with Gasteiger partial charge in [-0.3, -0.25) is 4.79 Å². The summed E-state index contributed by atoms with van der Waals surface area (Å²) < 4.78 is 5.18. The summed E-state index contributed by atoms with van der Waals surface area (Å²) in [7, 11) is 0. The van der Waals surface area contributed by atoms with Crippen LogP contribution in [0, 0.1) is 11.3 Å². The van der Waals surface area contributed by atoms with Crippen molar-refractivity contribution >= 4 is 52.2 Å². The summed E-state index contributed by atoms with van der Waals surface area (Å²) >= 11 is 17.7. The molecule has 27 heavy (non-hydrogen) atoms. The van der Waals surface area contributed by atoms with Crippen LogP contribution in [-0.4, -0.2) is 35.7 Å². The van der Waals surface area contributed by atoms with Gasteiger partial charge in [0.1, 0.15) is 0 Å². The summed E-state index contributed by atoms with van der Waals surface area (Å²) in [5.74, 6) is 0.504. The van der Waals surface area contributed by atoms with Crippen molar-refractivity contribution in [3.05, 3.63) is 28.2 Å². The molecule has 1 aliphatic heterocycles. The molecule has 1 aliphatic rings. The molecule has 1 saturated heterocycles. The van der Waals surface area contributed by atoms with E-state index in [0.717, 1.165) is 44.5 Å². The maximum atomic E-state index is 12.0.